The van der Waals surface area contributed by atoms with E-state index in [4.69, 9.17) is 0 Å². The van der Waals surface area contributed by atoms with E-state index in [1.165, 1.54) is 42.6 Å². The molecule has 1 N–H and O–H groups in total. The third-order valence-electron chi connectivity index (χ3n) is 5.26. The molecule has 1 heterocycles. The molecule has 2 nitrogen and oxygen atoms in total. The van der Waals surface area contributed by atoms with Crippen molar-refractivity contribution in [2.45, 2.75) is 78.4 Å². The fourth-order valence-electron chi connectivity index (χ4n) is 4.07. The molecule has 2 atom stereocenters. The lowest BCUT2D eigenvalue weighted by Crippen LogP contribution is -2.28. The maximum atomic E-state index is 10.5. The topological polar surface area (TPSA) is 25.2 Å². The predicted molar refractivity (Wildman–Crippen MR) is 82.9 cm³/mol. The van der Waals surface area contributed by atoms with Crippen molar-refractivity contribution in [3.8, 4) is 0 Å². The van der Waals surface area contributed by atoms with Gasteiger partial charge in [-0.3, -0.25) is 0 Å². The van der Waals surface area contributed by atoms with Crippen LogP contribution in [0.3, 0.4) is 0 Å². The highest BCUT2D eigenvalue weighted by Gasteiger charge is 2.36. The van der Waals surface area contributed by atoms with Crippen LogP contribution in [0.2, 0.25) is 0 Å². The van der Waals surface area contributed by atoms with Crippen LogP contribution < -0.4 is 0 Å². The SMILES string of the molecule is CCC(CC1CC1)n1c(C)cc2c1CC(C)(C)CC2O. The Morgan fingerprint density at radius 3 is 2.70 bits per heavy atom. The molecule has 1 aromatic rings. The Labute approximate surface area is 123 Å². The molecule has 1 aromatic heterocycles. The van der Waals surface area contributed by atoms with E-state index in [9.17, 15) is 5.11 Å². The maximum Gasteiger partial charge on any atom is 0.0812 e. The van der Waals surface area contributed by atoms with Gasteiger partial charge >= 0.3 is 0 Å². The lowest BCUT2D eigenvalue weighted by molar-refractivity contribution is 0.0972. The van der Waals surface area contributed by atoms with Gasteiger partial charge in [0.1, 0.15) is 0 Å². The van der Waals surface area contributed by atoms with Crippen LogP contribution in [-0.4, -0.2) is 9.67 Å². The summed E-state index contributed by atoms with van der Waals surface area (Å²) in [6.45, 7) is 9.10. The van der Waals surface area contributed by atoms with Crippen molar-refractivity contribution < 1.29 is 5.11 Å². The molecular weight excluding hydrogens is 246 g/mol. The molecule has 20 heavy (non-hydrogen) atoms. The summed E-state index contributed by atoms with van der Waals surface area (Å²) in [6.07, 6.45) is 7.11. The Hall–Kier alpha value is -0.760. The number of fused-ring (bicyclic) bond motifs is 1. The molecule has 0 aliphatic heterocycles. The summed E-state index contributed by atoms with van der Waals surface area (Å²) in [5.41, 5.74) is 4.18. The minimum absolute atomic E-state index is 0.215. The molecular formula is C18H29NO. The van der Waals surface area contributed by atoms with Crippen LogP contribution in [0.15, 0.2) is 6.07 Å². The standard InChI is InChI=1S/C18H29NO/c1-5-14(9-13-6-7-13)19-12(2)8-15-16(19)10-18(3,4)11-17(15)20/h8,13-14,17,20H,5-7,9-11H2,1-4H3. The fourth-order valence-corrected chi connectivity index (χ4v) is 4.07. The van der Waals surface area contributed by atoms with Crippen molar-refractivity contribution in [1.82, 2.24) is 4.57 Å². The Balaban J connectivity index is 1.98. The van der Waals surface area contributed by atoms with Gasteiger partial charge in [-0.05, 0) is 50.0 Å². The lowest BCUT2D eigenvalue weighted by atomic mass is 9.75. The van der Waals surface area contributed by atoms with Crippen molar-refractivity contribution >= 4 is 0 Å². The van der Waals surface area contributed by atoms with E-state index in [1.54, 1.807) is 0 Å². The number of aryl methyl sites for hydroxylation is 1. The van der Waals surface area contributed by atoms with E-state index in [2.05, 4.69) is 38.3 Å². The molecule has 1 fully saturated rings. The van der Waals surface area contributed by atoms with E-state index in [-0.39, 0.29) is 11.5 Å². The average molecular weight is 275 g/mol. The summed E-state index contributed by atoms with van der Waals surface area (Å²) in [4.78, 5) is 0. The second-order valence-corrected chi connectivity index (χ2v) is 7.86. The fraction of sp³-hybridized carbons (Fsp3) is 0.778. The number of aromatic nitrogens is 1. The Morgan fingerprint density at radius 1 is 1.40 bits per heavy atom. The van der Waals surface area contributed by atoms with Crippen LogP contribution in [0.4, 0.5) is 0 Å². The Morgan fingerprint density at radius 2 is 2.10 bits per heavy atom. The van der Waals surface area contributed by atoms with Gasteiger partial charge in [-0.25, -0.2) is 0 Å². The number of rotatable bonds is 4. The second kappa shape index (κ2) is 4.91. The van der Waals surface area contributed by atoms with Crippen LogP contribution in [-0.2, 0) is 6.42 Å². The molecule has 0 bridgehead atoms. The Kier molecular flexibility index (Phi) is 3.48. The van der Waals surface area contributed by atoms with Crippen LogP contribution in [0, 0.1) is 18.3 Å². The molecule has 0 radical (unpaired) electrons. The van der Waals surface area contributed by atoms with Crippen molar-refractivity contribution in [3.63, 3.8) is 0 Å². The molecule has 112 valence electrons. The van der Waals surface area contributed by atoms with Gasteiger partial charge in [0.25, 0.3) is 0 Å². The van der Waals surface area contributed by atoms with Gasteiger partial charge in [0.2, 0.25) is 0 Å². The molecule has 3 rings (SSSR count). The van der Waals surface area contributed by atoms with Gasteiger partial charge < -0.3 is 9.67 Å². The number of hydrogen-bond donors (Lipinski definition) is 1. The molecule has 0 saturated heterocycles. The smallest absolute Gasteiger partial charge is 0.0812 e. The number of nitrogens with zero attached hydrogens (tertiary/aromatic N) is 1. The van der Waals surface area contributed by atoms with Crippen LogP contribution >= 0.6 is 0 Å². The highest BCUT2D eigenvalue weighted by Crippen LogP contribution is 2.45. The molecule has 2 unspecified atom stereocenters. The van der Waals surface area contributed by atoms with Crippen LogP contribution in [0.5, 0.6) is 0 Å². The molecule has 0 spiro atoms. The molecule has 2 aliphatic carbocycles. The minimum Gasteiger partial charge on any atom is -0.388 e. The van der Waals surface area contributed by atoms with E-state index in [1.807, 2.05) is 0 Å². The number of aliphatic hydroxyl groups excluding tert-OH is 1. The number of aliphatic hydroxyl groups is 1. The highest BCUT2D eigenvalue weighted by molar-refractivity contribution is 5.34. The zero-order valence-corrected chi connectivity index (χ0v) is 13.4. The molecule has 0 amide bonds. The summed E-state index contributed by atoms with van der Waals surface area (Å²) in [5.74, 6) is 0.957. The number of hydrogen-bond acceptors (Lipinski definition) is 1. The summed E-state index contributed by atoms with van der Waals surface area (Å²) < 4.78 is 2.57. The third kappa shape index (κ3) is 2.55. The van der Waals surface area contributed by atoms with E-state index in [0.29, 0.717) is 6.04 Å². The van der Waals surface area contributed by atoms with E-state index in [0.717, 1.165) is 18.8 Å². The predicted octanol–water partition coefficient (Wildman–Crippen LogP) is 4.55. The Bertz CT molecular complexity index is 496. The molecule has 1 saturated carbocycles. The monoisotopic (exact) mass is 275 g/mol. The van der Waals surface area contributed by atoms with Gasteiger partial charge in [-0.2, -0.15) is 0 Å². The van der Waals surface area contributed by atoms with Gasteiger partial charge in [0, 0.05) is 23.0 Å². The lowest BCUT2D eigenvalue weighted by Gasteiger charge is -2.35. The molecule has 2 aliphatic rings. The summed E-state index contributed by atoms with van der Waals surface area (Å²) in [5, 5.41) is 10.5. The van der Waals surface area contributed by atoms with Crippen molar-refractivity contribution in [2.24, 2.45) is 11.3 Å². The summed E-state index contributed by atoms with van der Waals surface area (Å²) in [7, 11) is 0. The van der Waals surface area contributed by atoms with Gasteiger partial charge in [0.05, 0.1) is 6.10 Å². The first kappa shape index (κ1) is 14.2. The normalized spacial score (nSPS) is 26.4. The van der Waals surface area contributed by atoms with Crippen LogP contribution in [0.25, 0.3) is 0 Å². The first-order chi connectivity index (χ1) is 9.41. The van der Waals surface area contributed by atoms with E-state index < -0.39 is 0 Å². The third-order valence-corrected chi connectivity index (χ3v) is 5.26. The quantitative estimate of drug-likeness (QED) is 0.856. The van der Waals surface area contributed by atoms with Crippen molar-refractivity contribution in [1.29, 1.82) is 0 Å². The second-order valence-electron chi connectivity index (χ2n) is 7.86. The zero-order valence-electron chi connectivity index (χ0n) is 13.4. The van der Waals surface area contributed by atoms with Crippen LogP contribution in [0.1, 0.15) is 82.0 Å². The largest absolute Gasteiger partial charge is 0.388 e. The van der Waals surface area contributed by atoms with Crippen molar-refractivity contribution in [2.75, 3.05) is 0 Å². The molecule has 0 aromatic carbocycles. The first-order valence-electron chi connectivity index (χ1n) is 8.30. The zero-order chi connectivity index (χ0) is 14.5. The van der Waals surface area contributed by atoms with Gasteiger partial charge in [-0.1, -0.05) is 33.6 Å². The van der Waals surface area contributed by atoms with Crippen molar-refractivity contribution in [3.05, 3.63) is 23.0 Å². The summed E-state index contributed by atoms with van der Waals surface area (Å²) >= 11 is 0. The van der Waals surface area contributed by atoms with Gasteiger partial charge in [0.15, 0.2) is 0 Å². The highest BCUT2D eigenvalue weighted by atomic mass is 16.3. The minimum atomic E-state index is -0.271. The van der Waals surface area contributed by atoms with Gasteiger partial charge in [-0.15, -0.1) is 0 Å². The molecule has 2 heteroatoms. The summed E-state index contributed by atoms with van der Waals surface area (Å²) in [6, 6.07) is 2.87. The average Bonchev–Trinajstić information content (AvgIpc) is 3.10. The van der Waals surface area contributed by atoms with E-state index >= 15 is 0 Å². The maximum absolute atomic E-state index is 10.5. The first-order valence-corrected chi connectivity index (χ1v) is 8.30.